The van der Waals surface area contributed by atoms with Gasteiger partial charge in [0.05, 0.1) is 18.0 Å². The van der Waals surface area contributed by atoms with E-state index in [1.165, 1.54) is 0 Å². The largest absolute Gasteiger partial charge is 0.325 e. The van der Waals surface area contributed by atoms with E-state index in [4.69, 9.17) is 17.3 Å². The van der Waals surface area contributed by atoms with Crippen LogP contribution in [-0.2, 0) is 10.0 Å². The van der Waals surface area contributed by atoms with Crippen LogP contribution >= 0.6 is 24.0 Å². The molecular weight excluding hydrogens is 355 g/mol. The molecule has 0 spiro atoms. The summed E-state index contributed by atoms with van der Waals surface area (Å²) >= 11 is 5.53. The molecule has 12 heteroatoms. The van der Waals surface area contributed by atoms with Crippen LogP contribution < -0.4 is 10.5 Å². The summed E-state index contributed by atoms with van der Waals surface area (Å²) in [5.41, 5.74) is 3.96. The fourth-order valence-corrected chi connectivity index (χ4v) is 2.59. The average Bonchev–Trinajstić information content (AvgIpc) is 2.36. The topological polar surface area (TPSA) is 115 Å². The highest BCUT2D eigenvalue weighted by Crippen LogP contribution is 2.27. The van der Waals surface area contributed by atoms with Crippen LogP contribution in [0.1, 0.15) is 0 Å². The van der Waals surface area contributed by atoms with E-state index in [1.54, 1.807) is 4.72 Å². The Bertz CT molecular complexity index is 627. The quantitative estimate of drug-likeness (QED) is 0.585. The van der Waals surface area contributed by atoms with Gasteiger partial charge in [-0.3, -0.25) is 10.1 Å². The molecule has 0 unspecified atom stereocenters. The molecule has 0 aromatic heterocycles. The summed E-state index contributed by atoms with van der Waals surface area (Å²) in [6.45, 7) is -2.32. The molecule has 1 rings (SSSR count). The first-order valence-corrected chi connectivity index (χ1v) is 6.97. The van der Waals surface area contributed by atoms with Crippen molar-refractivity contribution in [2.45, 2.75) is 10.8 Å². The number of sulfonamides is 1. The highest BCUT2D eigenvalue weighted by molar-refractivity contribution is 7.89. The van der Waals surface area contributed by atoms with Crippen LogP contribution in [0, 0.1) is 10.1 Å². The number of hydrogen-bond acceptors (Lipinski definition) is 5. The lowest BCUT2D eigenvalue weighted by Gasteiger charge is -2.14. The maximum Gasteiger partial charge on any atom is 0.290 e. The van der Waals surface area contributed by atoms with Gasteiger partial charge in [-0.2, -0.15) is 0 Å². The van der Waals surface area contributed by atoms with E-state index in [-0.39, 0.29) is 17.4 Å². The third kappa shape index (κ3) is 5.32. The Balaban J connectivity index is 0.00000400. The monoisotopic (exact) mass is 365 g/mol. The van der Waals surface area contributed by atoms with Crippen molar-refractivity contribution in [2.24, 2.45) is 5.73 Å². The van der Waals surface area contributed by atoms with E-state index < -0.39 is 44.5 Å². The normalized spacial score (nSPS) is 11.8. The first kappa shape index (κ1) is 19.9. The van der Waals surface area contributed by atoms with Crippen molar-refractivity contribution >= 4 is 39.7 Å². The lowest BCUT2D eigenvalue weighted by molar-refractivity contribution is -0.387. The van der Waals surface area contributed by atoms with Crippen molar-refractivity contribution in [3.8, 4) is 0 Å². The van der Waals surface area contributed by atoms with E-state index in [0.29, 0.717) is 0 Å². The van der Waals surface area contributed by atoms with Crippen LogP contribution in [0.25, 0.3) is 0 Å². The average molecular weight is 366 g/mol. The third-order valence-electron chi connectivity index (χ3n) is 2.23. The minimum Gasteiger partial charge on any atom is -0.325 e. The van der Waals surface area contributed by atoms with Crippen LogP contribution in [0.5, 0.6) is 0 Å². The third-order valence-corrected chi connectivity index (χ3v) is 3.91. The zero-order valence-corrected chi connectivity index (χ0v) is 12.6. The predicted octanol–water partition coefficient (Wildman–Crippen LogP) is 1.54. The van der Waals surface area contributed by atoms with E-state index in [1.807, 2.05) is 0 Å². The highest BCUT2D eigenvalue weighted by Gasteiger charge is 2.32. The number of nitro groups is 1. The minimum atomic E-state index is -4.48. The van der Waals surface area contributed by atoms with Gasteiger partial charge in [0.15, 0.2) is 4.90 Å². The van der Waals surface area contributed by atoms with Gasteiger partial charge in [0.25, 0.3) is 11.6 Å². The maximum atomic E-state index is 12.9. The summed E-state index contributed by atoms with van der Waals surface area (Å²) in [7, 11) is -4.48. The van der Waals surface area contributed by atoms with Gasteiger partial charge in [-0.25, -0.2) is 21.9 Å². The van der Waals surface area contributed by atoms with Crippen LogP contribution in [0.3, 0.4) is 0 Å². The molecule has 0 amide bonds. The molecule has 1 aromatic rings. The Kier molecular flexibility index (Phi) is 6.90. The van der Waals surface area contributed by atoms with Crippen LogP contribution in [0.2, 0.25) is 5.02 Å². The van der Waals surface area contributed by atoms with Gasteiger partial charge in [-0.15, -0.1) is 12.4 Å². The van der Waals surface area contributed by atoms with E-state index in [0.717, 1.165) is 18.2 Å². The van der Waals surface area contributed by atoms with Gasteiger partial charge >= 0.3 is 0 Å². The van der Waals surface area contributed by atoms with Crippen molar-refractivity contribution in [3.63, 3.8) is 0 Å². The summed E-state index contributed by atoms with van der Waals surface area (Å²) in [6.07, 6.45) is 0. The molecule has 0 aliphatic heterocycles. The van der Waals surface area contributed by atoms with Crippen molar-refractivity contribution in [3.05, 3.63) is 33.3 Å². The van der Waals surface area contributed by atoms with Gasteiger partial charge in [0, 0.05) is 11.1 Å². The van der Waals surface area contributed by atoms with Gasteiger partial charge in [-0.1, -0.05) is 11.6 Å². The first-order valence-electron chi connectivity index (χ1n) is 5.10. The maximum absolute atomic E-state index is 12.9. The number of nitrogens with two attached hydrogens (primary N) is 1. The number of nitro benzene ring substituents is 1. The van der Waals surface area contributed by atoms with Crippen LogP contribution in [-0.4, -0.2) is 32.4 Å². The molecule has 0 aliphatic carbocycles. The molecule has 1 aromatic carbocycles. The second-order valence-electron chi connectivity index (χ2n) is 3.75. The van der Waals surface area contributed by atoms with Gasteiger partial charge in [0.2, 0.25) is 10.0 Å². The van der Waals surface area contributed by atoms with E-state index in [9.17, 15) is 27.3 Å². The standard InChI is InChI=1S/C9H10ClF2N3O4S.ClH/c10-6-1-2-8(7(3-6)15(16)17)20(18,19)14-5-9(11,12)4-13;/h1-3,14H,4-5,13H2;1H. The molecule has 120 valence electrons. The Morgan fingerprint density at radius 1 is 1.43 bits per heavy atom. The number of halogens is 4. The van der Waals surface area contributed by atoms with Crippen molar-refractivity contribution < 1.29 is 22.1 Å². The molecule has 0 fully saturated rings. The molecule has 0 atom stereocenters. The van der Waals surface area contributed by atoms with E-state index >= 15 is 0 Å². The number of nitrogens with one attached hydrogen (secondary N) is 1. The fraction of sp³-hybridized carbons (Fsp3) is 0.333. The van der Waals surface area contributed by atoms with Crippen molar-refractivity contribution in [1.29, 1.82) is 0 Å². The van der Waals surface area contributed by atoms with E-state index in [2.05, 4.69) is 0 Å². The van der Waals surface area contributed by atoms with Gasteiger partial charge in [0.1, 0.15) is 0 Å². The molecule has 7 nitrogen and oxygen atoms in total. The molecule has 21 heavy (non-hydrogen) atoms. The highest BCUT2D eigenvalue weighted by atomic mass is 35.5. The zero-order valence-electron chi connectivity index (χ0n) is 10.3. The summed E-state index contributed by atoms with van der Waals surface area (Å²) in [6, 6.07) is 2.78. The predicted molar refractivity (Wildman–Crippen MR) is 74.5 cm³/mol. The molecule has 0 aliphatic rings. The number of benzene rings is 1. The first-order chi connectivity index (χ1) is 9.09. The SMILES string of the molecule is Cl.NCC(F)(F)CNS(=O)(=O)c1ccc(Cl)cc1[N+](=O)[O-]. The Hall–Kier alpha value is -1.07. The second kappa shape index (κ2) is 7.27. The Labute approximate surface area is 130 Å². The Morgan fingerprint density at radius 2 is 2.00 bits per heavy atom. The lowest BCUT2D eigenvalue weighted by atomic mass is 10.3. The molecule has 0 heterocycles. The summed E-state index contributed by atoms with van der Waals surface area (Å²) in [5, 5.41) is 10.7. The van der Waals surface area contributed by atoms with Crippen molar-refractivity contribution in [1.82, 2.24) is 4.72 Å². The fourth-order valence-electron chi connectivity index (χ4n) is 1.21. The number of alkyl halides is 2. The molecule has 0 radical (unpaired) electrons. The molecule has 0 saturated heterocycles. The zero-order chi connectivity index (χ0) is 15.6. The van der Waals surface area contributed by atoms with Crippen LogP contribution in [0.4, 0.5) is 14.5 Å². The van der Waals surface area contributed by atoms with Gasteiger partial charge in [-0.05, 0) is 12.1 Å². The molecular formula is C9H11Cl2F2N3O4S. The summed E-state index contributed by atoms with van der Waals surface area (Å²) < 4.78 is 51.0. The molecule has 0 bridgehead atoms. The smallest absolute Gasteiger partial charge is 0.290 e. The summed E-state index contributed by atoms with van der Waals surface area (Å²) in [4.78, 5) is 9.04. The van der Waals surface area contributed by atoms with Gasteiger partial charge < -0.3 is 5.73 Å². The Morgan fingerprint density at radius 3 is 2.48 bits per heavy atom. The number of hydrogen-bond donors (Lipinski definition) is 2. The second-order valence-corrected chi connectivity index (χ2v) is 5.93. The van der Waals surface area contributed by atoms with Crippen molar-refractivity contribution in [2.75, 3.05) is 13.1 Å². The molecule has 3 N–H and O–H groups in total. The van der Waals surface area contributed by atoms with Crippen LogP contribution in [0.15, 0.2) is 23.1 Å². The molecule has 0 saturated carbocycles. The number of rotatable bonds is 6. The lowest BCUT2D eigenvalue weighted by Crippen LogP contribution is -2.41. The number of nitrogens with zero attached hydrogens (tertiary/aromatic N) is 1. The summed E-state index contributed by atoms with van der Waals surface area (Å²) in [5.74, 6) is -3.45. The minimum absolute atomic E-state index is 0.